The molecule has 0 aromatic heterocycles. The van der Waals surface area contributed by atoms with Crippen molar-refractivity contribution >= 4 is 11.9 Å². The van der Waals surface area contributed by atoms with Gasteiger partial charge in [0.15, 0.2) is 0 Å². The van der Waals surface area contributed by atoms with Gasteiger partial charge in [-0.25, -0.2) is 0 Å². The van der Waals surface area contributed by atoms with Gasteiger partial charge in [0, 0.05) is 19.6 Å². The first-order valence-electron chi connectivity index (χ1n) is 6.75. The first-order valence-corrected chi connectivity index (χ1v) is 6.75. The van der Waals surface area contributed by atoms with E-state index >= 15 is 0 Å². The number of ether oxygens (including phenoxy) is 1. The molecular weight excluding hydrogens is 256 g/mol. The third-order valence-corrected chi connectivity index (χ3v) is 3.66. The van der Waals surface area contributed by atoms with Crippen LogP contribution in [0.5, 0.6) is 0 Å². The number of methoxy groups -OCH3 is 1. The van der Waals surface area contributed by atoms with E-state index in [-0.39, 0.29) is 18.3 Å². The Kier molecular flexibility index (Phi) is 4.74. The third-order valence-electron chi connectivity index (χ3n) is 3.66. The molecule has 1 aliphatic heterocycles. The largest absolute Gasteiger partial charge is 0.469 e. The molecule has 1 N–H and O–H groups in total. The van der Waals surface area contributed by atoms with Crippen molar-refractivity contribution in [2.75, 3.05) is 20.2 Å². The maximum absolute atomic E-state index is 12.0. The number of carbonyl (C=O) groups is 2. The first kappa shape index (κ1) is 14.5. The minimum absolute atomic E-state index is 0.0915. The summed E-state index contributed by atoms with van der Waals surface area (Å²) in [5.74, 6) is -0.461. The molecule has 0 aliphatic carbocycles. The van der Waals surface area contributed by atoms with Gasteiger partial charge in [0.25, 0.3) is 0 Å². The Bertz CT molecular complexity index is 502. The molecule has 2 rings (SSSR count). The van der Waals surface area contributed by atoms with Gasteiger partial charge in [-0.1, -0.05) is 24.3 Å². The fraction of sp³-hybridized carbons (Fsp3) is 0.467. The van der Waals surface area contributed by atoms with Crippen molar-refractivity contribution in [3.8, 4) is 0 Å². The molecule has 0 saturated carbocycles. The Hall–Kier alpha value is -1.88. The summed E-state index contributed by atoms with van der Waals surface area (Å²) in [5.41, 5.74) is 2.37. The minimum atomic E-state index is -0.448. The zero-order valence-electron chi connectivity index (χ0n) is 11.9. The topological polar surface area (TPSA) is 58.6 Å². The summed E-state index contributed by atoms with van der Waals surface area (Å²) < 4.78 is 4.68. The summed E-state index contributed by atoms with van der Waals surface area (Å²) >= 11 is 0. The molecule has 1 aromatic carbocycles. The van der Waals surface area contributed by atoms with Crippen molar-refractivity contribution in [3.63, 3.8) is 0 Å². The Morgan fingerprint density at radius 3 is 2.90 bits per heavy atom. The SMILES string of the molecule is COC(=O)C[C@@H]1C(=O)NCCN1Cc1ccccc1C. The maximum atomic E-state index is 12.0. The molecule has 1 saturated heterocycles. The number of piperazine rings is 1. The summed E-state index contributed by atoms with van der Waals surface area (Å²) in [6.45, 7) is 4.07. The second-order valence-electron chi connectivity index (χ2n) is 4.98. The molecule has 1 aliphatic rings. The highest BCUT2D eigenvalue weighted by atomic mass is 16.5. The standard InChI is InChI=1S/C15H20N2O3/c1-11-5-3-4-6-12(11)10-17-8-7-16-15(19)13(17)9-14(18)20-2/h3-6,13H,7-10H2,1-2H3,(H,16,19)/t13-/m1/s1. The van der Waals surface area contributed by atoms with Crippen molar-refractivity contribution in [2.45, 2.75) is 25.9 Å². The fourth-order valence-electron chi connectivity index (χ4n) is 2.42. The molecule has 1 aromatic rings. The Morgan fingerprint density at radius 1 is 1.45 bits per heavy atom. The maximum Gasteiger partial charge on any atom is 0.307 e. The third kappa shape index (κ3) is 3.36. The van der Waals surface area contributed by atoms with Gasteiger partial charge in [0.2, 0.25) is 5.91 Å². The lowest BCUT2D eigenvalue weighted by molar-refractivity contribution is -0.146. The zero-order chi connectivity index (χ0) is 14.5. The number of carbonyl (C=O) groups excluding carboxylic acids is 2. The number of nitrogens with one attached hydrogen (secondary N) is 1. The molecular formula is C15H20N2O3. The number of hydrogen-bond donors (Lipinski definition) is 1. The van der Waals surface area contributed by atoms with Crippen LogP contribution in [0.2, 0.25) is 0 Å². The molecule has 0 unspecified atom stereocenters. The van der Waals surface area contributed by atoms with Crippen LogP contribution in [-0.2, 0) is 20.9 Å². The molecule has 5 nitrogen and oxygen atoms in total. The smallest absolute Gasteiger partial charge is 0.307 e. The van der Waals surface area contributed by atoms with Gasteiger partial charge >= 0.3 is 5.97 Å². The summed E-state index contributed by atoms with van der Waals surface area (Å²) in [5, 5.41) is 2.80. The molecule has 0 radical (unpaired) electrons. The molecule has 5 heteroatoms. The van der Waals surface area contributed by atoms with E-state index in [1.54, 1.807) is 0 Å². The molecule has 1 atom stereocenters. The van der Waals surface area contributed by atoms with Crippen LogP contribution in [-0.4, -0.2) is 43.0 Å². The number of amides is 1. The normalized spacial score (nSPS) is 19.5. The van der Waals surface area contributed by atoms with E-state index in [2.05, 4.69) is 29.1 Å². The first-order chi connectivity index (χ1) is 9.61. The van der Waals surface area contributed by atoms with Gasteiger partial charge in [0.1, 0.15) is 6.04 Å². The van der Waals surface area contributed by atoms with Crippen LogP contribution in [0.3, 0.4) is 0 Å². The minimum Gasteiger partial charge on any atom is -0.469 e. The van der Waals surface area contributed by atoms with E-state index in [9.17, 15) is 9.59 Å². The van der Waals surface area contributed by atoms with Crippen molar-refractivity contribution in [1.29, 1.82) is 0 Å². The second-order valence-corrected chi connectivity index (χ2v) is 4.98. The van der Waals surface area contributed by atoms with E-state index in [1.165, 1.54) is 18.2 Å². The second kappa shape index (κ2) is 6.52. The summed E-state index contributed by atoms with van der Waals surface area (Å²) in [7, 11) is 1.34. The predicted molar refractivity (Wildman–Crippen MR) is 75.0 cm³/mol. The number of benzene rings is 1. The highest BCUT2D eigenvalue weighted by Crippen LogP contribution is 2.16. The van der Waals surface area contributed by atoms with Gasteiger partial charge in [-0.3, -0.25) is 14.5 Å². The number of nitrogens with zero attached hydrogens (tertiary/aromatic N) is 1. The molecule has 20 heavy (non-hydrogen) atoms. The lowest BCUT2D eigenvalue weighted by atomic mass is 10.0. The van der Waals surface area contributed by atoms with Crippen LogP contribution in [0.1, 0.15) is 17.5 Å². The highest BCUT2D eigenvalue weighted by molar-refractivity contribution is 5.87. The fourth-order valence-corrected chi connectivity index (χ4v) is 2.42. The average Bonchev–Trinajstić information content (AvgIpc) is 2.44. The van der Waals surface area contributed by atoms with Crippen LogP contribution in [0.15, 0.2) is 24.3 Å². The van der Waals surface area contributed by atoms with Crippen molar-refractivity contribution < 1.29 is 14.3 Å². The lowest BCUT2D eigenvalue weighted by Gasteiger charge is -2.34. The van der Waals surface area contributed by atoms with E-state index in [0.717, 1.165) is 6.54 Å². The van der Waals surface area contributed by atoms with Crippen LogP contribution in [0.4, 0.5) is 0 Å². The molecule has 1 amide bonds. The summed E-state index contributed by atoms with van der Waals surface area (Å²) in [6, 6.07) is 7.64. The number of aryl methyl sites for hydroxylation is 1. The Morgan fingerprint density at radius 2 is 2.20 bits per heavy atom. The van der Waals surface area contributed by atoms with Crippen LogP contribution < -0.4 is 5.32 Å². The quantitative estimate of drug-likeness (QED) is 0.829. The summed E-state index contributed by atoms with van der Waals surface area (Å²) in [6.07, 6.45) is 0.0915. The number of esters is 1. The van der Waals surface area contributed by atoms with Crippen LogP contribution in [0.25, 0.3) is 0 Å². The van der Waals surface area contributed by atoms with Crippen molar-refractivity contribution in [1.82, 2.24) is 10.2 Å². The van der Waals surface area contributed by atoms with E-state index in [4.69, 9.17) is 0 Å². The highest BCUT2D eigenvalue weighted by Gasteiger charge is 2.31. The van der Waals surface area contributed by atoms with Gasteiger partial charge in [-0.05, 0) is 18.1 Å². The lowest BCUT2D eigenvalue weighted by Crippen LogP contribution is -2.55. The van der Waals surface area contributed by atoms with Gasteiger partial charge in [-0.15, -0.1) is 0 Å². The molecule has 108 valence electrons. The Balaban J connectivity index is 2.12. The van der Waals surface area contributed by atoms with Crippen LogP contribution in [0, 0.1) is 6.92 Å². The van der Waals surface area contributed by atoms with Gasteiger partial charge < -0.3 is 10.1 Å². The van der Waals surface area contributed by atoms with Gasteiger partial charge in [-0.2, -0.15) is 0 Å². The Labute approximate surface area is 118 Å². The van der Waals surface area contributed by atoms with Crippen LogP contribution >= 0.6 is 0 Å². The molecule has 1 heterocycles. The molecule has 0 bridgehead atoms. The molecule has 0 spiro atoms. The van der Waals surface area contributed by atoms with Crippen molar-refractivity contribution in [2.24, 2.45) is 0 Å². The van der Waals surface area contributed by atoms with Gasteiger partial charge in [0.05, 0.1) is 13.5 Å². The van der Waals surface area contributed by atoms with Crippen molar-refractivity contribution in [3.05, 3.63) is 35.4 Å². The summed E-state index contributed by atoms with van der Waals surface area (Å²) in [4.78, 5) is 25.5. The predicted octanol–water partition coefficient (Wildman–Crippen LogP) is 0.859. The molecule has 1 fully saturated rings. The monoisotopic (exact) mass is 276 g/mol. The number of hydrogen-bond acceptors (Lipinski definition) is 4. The van der Waals surface area contributed by atoms with E-state index in [0.29, 0.717) is 13.1 Å². The average molecular weight is 276 g/mol. The zero-order valence-corrected chi connectivity index (χ0v) is 11.9. The van der Waals surface area contributed by atoms with E-state index < -0.39 is 6.04 Å². The number of rotatable bonds is 4. The van der Waals surface area contributed by atoms with E-state index in [1.807, 2.05) is 17.0 Å².